The predicted octanol–water partition coefficient (Wildman–Crippen LogP) is 2.52. The Morgan fingerprint density at radius 2 is 1.59 bits per heavy atom. The number of rotatable bonds is 2. The minimum Gasteiger partial charge on any atom is -0.507 e. The summed E-state index contributed by atoms with van der Waals surface area (Å²) >= 11 is 0. The zero-order chi connectivity index (χ0) is 12.3. The van der Waals surface area contributed by atoms with Crippen LogP contribution < -0.4 is 10.5 Å². The van der Waals surface area contributed by atoms with E-state index in [-0.39, 0.29) is 5.75 Å². The van der Waals surface area contributed by atoms with E-state index in [1.54, 1.807) is 48.5 Å². The molecule has 0 atom stereocenters. The number of ether oxygens (including phenoxy) is 1. The average Bonchev–Trinajstić information content (AvgIpc) is 2.30. The summed E-state index contributed by atoms with van der Waals surface area (Å²) in [6, 6.07) is 13.7. The van der Waals surface area contributed by atoms with E-state index < -0.39 is 6.09 Å². The lowest BCUT2D eigenvalue weighted by Crippen LogP contribution is -2.16. The highest BCUT2D eigenvalue weighted by atomic mass is 16.5. The van der Waals surface area contributed by atoms with E-state index >= 15 is 0 Å². The summed E-state index contributed by atoms with van der Waals surface area (Å²) in [7, 11) is 0. The molecule has 0 aliphatic rings. The van der Waals surface area contributed by atoms with Crippen LogP contribution in [-0.2, 0) is 0 Å². The normalized spacial score (nSPS) is 9.88. The Morgan fingerprint density at radius 3 is 2.24 bits per heavy atom. The highest BCUT2D eigenvalue weighted by Gasteiger charge is 2.10. The Hall–Kier alpha value is -2.49. The molecule has 4 nitrogen and oxygen atoms in total. The molecule has 17 heavy (non-hydrogen) atoms. The van der Waals surface area contributed by atoms with Gasteiger partial charge >= 0.3 is 6.09 Å². The average molecular weight is 229 g/mol. The number of aromatic hydroxyl groups is 1. The minimum absolute atomic E-state index is 0.119. The van der Waals surface area contributed by atoms with Gasteiger partial charge in [-0.05, 0) is 12.1 Å². The largest absolute Gasteiger partial charge is 0.507 e. The van der Waals surface area contributed by atoms with Gasteiger partial charge in [-0.2, -0.15) is 0 Å². The number of para-hydroxylation sites is 2. The van der Waals surface area contributed by atoms with Crippen LogP contribution >= 0.6 is 0 Å². The molecule has 0 aliphatic carbocycles. The molecule has 0 aromatic heterocycles. The Bertz CT molecular complexity index is 552. The maximum Gasteiger partial charge on any atom is 0.409 e. The molecule has 0 unspecified atom stereocenters. The van der Waals surface area contributed by atoms with Crippen LogP contribution in [0.15, 0.2) is 48.5 Å². The van der Waals surface area contributed by atoms with E-state index in [0.717, 1.165) is 0 Å². The first-order valence-corrected chi connectivity index (χ1v) is 5.03. The molecular formula is C13H11NO3. The second-order valence-electron chi connectivity index (χ2n) is 3.43. The van der Waals surface area contributed by atoms with Gasteiger partial charge in [0.15, 0.2) is 0 Å². The molecule has 2 rings (SSSR count). The third kappa shape index (κ3) is 2.36. The molecule has 0 bridgehead atoms. The third-order valence-electron chi connectivity index (χ3n) is 2.29. The summed E-state index contributed by atoms with van der Waals surface area (Å²) in [6.45, 7) is 0. The summed E-state index contributed by atoms with van der Waals surface area (Å²) in [5.41, 5.74) is 6.19. The van der Waals surface area contributed by atoms with Gasteiger partial charge in [-0.25, -0.2) is 4.79 Å². The number of hydrogen-bond donors (Lipinski definition) is 2. The summed E-state index contributed by atoms with van der Waals surface area (Å²) < 4.78 is 4.88. The highest BCUT2D eigenvalue weighted by Crippen LogP contribution is 2.35. The van der Waals surface area contributed by atoms with Crippen LogP contribution in [0.2, 0.25) is 0 Å². The van der Waals surface area contributed by atoms with Crippen LogP contribution in [0.4, 0.5) is 4.79 Å². The summed E-state index contributed by atoms with van der Waals surface area (Å²) in [4.78, 5) is 10.8. The zero-order valence-electron chi connectivity index (χ0n) is 8.96. The van der Waals surface area contributed by atoms with Gasteiger partial charge in [0.25, 0.3) is 0 Å². The fourth-order valence-electron chi connectivity index (χ4n) is 1.59. The molecule has 0 fully saturated rings. The molecule has 1 amide bonds. The van der Waals surface area contributed by atoms with Crippen molar-refractivity contribution in [2.75, 3.05) is 0 Å². The second-order valence-corrected chi connectivity index (χ2v) is 3.43. The van der Waals surface area contributed by atoms with Crippen LogP contribution in [-0.4, -0.2) is 11.2 Å². The van der Waals surface area contributed by atoms with Gasteiger partial charge in [0, 0.05) is 11.1 Å². The van der Waals surface area contributed by atoms with Crippen molar-refractivity contribution in [3.63, 3.8) is 0 Å². The zero-order valence-corrected chi connectivity index (χ0v) is 8.96. The molecule has 2 aromatic rings. The summed E-state index contributed by atoms with van der Waals surface area (Å²) in [6.07, 6.45) is -0.882. The summed E-state index contributed by atoms with van der Waals surface area (Å²) in [5, 5.41) is 9.75. The van der Waals surface area contributed by atoms with E-state index in [1.165, 1.54) is 0 Å². The van der Waals surface area contributed by atoms with Crippen LogP contribution in [0.1, 0.15) is 0 Å². The standard InChI is InChI=1S/C13H11NO3/c14-13(16)17-12-8-4-2-6-10(12)9-5-1-3-7-11(9)15/h1-8,15H,(H2,14,16). The van der Waals surface area contributed by atoms with E-state index in [2.05, 4.69) is 0 Å². The molecule has 0 radical (unpaired) electrons. The number of benzene rings is 2. The first-order chi connectivity index (χ1) is 8.18. The topological polar surface area (TPSA) is 72.6 Å². The molecule has 0 saturated heterocycles. The summed E-state index contributed by atoms with van der Waals surface area (Å²) in [5.74, 6) is 0.439. The maximum atomic E-state index is 10.8. The third-order valence-corrected chi connectivity index (χ3v) is 2.29. The number of hydrogen-bond acceptors (Lipinski definition) is 3. The van der Waals surface area contributed by atoms with Crippen molar-refractivity contribution in [2.24, 2.45) is 5.73 Å². The highest BCUT2D eigenvalue weighted by molar-refractivity contribution is 5.78. The number of primary amides is 1. The van der Waals surface area contributed by atoms with Crippen molar-refractivity contribution < 1.29 is 14.6 Å². The van der Waals surface area contributed by atoms with Crippen molar-refractivity contribution in [2.45, 2.75) is 0 Å². The second kappa shape index (κ2) is 4.57. The Morgan fingerprint density at radius 1 is 1.00 bits per heavy atom. The quantitative estimate of drug-likeness (QED) is 0.831. The van der Waals surface area contributed by atoms with Crippen LogP contribution in [0, 0.1) is 0 Å². The van der Waals surface area contributed by atoms with Crippen molar-refractivity contribution in [3.05, 3.63) is 48.5 Å². The lowest BCUT2D eigenvalue weighted by atomic mass is 10.0. The first kappa shape index (κ1) is 11.0. The molecule has 0 heterocycles. The number of phenolic OH excluding ortho intramolecular Hbond substituents is 1. The smallest absolute Gasteiger partial charge is 0.409 e. The van der Waals surface area contributed by atoms with Gasteiger partial charge in [0.2, 0.25) is 0 Å². The molecule has 2 aromatic carbocycles. The molecular weight excluding hydrogens is 218 g/mol. The van der Waals surface area contributed by atoms with Crippen molar-refractivity contribution in [1.82, 2.24) is 0 Å². The number of carbonyl (C=O) groups excluding carboxylic acids is 1. The van der Waals surface area contributed by atoms with Crippen LogP contribution in [0.3, 0.4) is 0 Å². The predicted molar refractivity (Wildman–Crippen MR) is 63.8 cm³/mol. The lowest BCUT2D eigenvalue weighted by molar-refractivity contribution is 0.211. The van der Waals surface area contributed by atoms with Crippen molar-refractivity contribution in [1.29, 1.82) is 0 Å². The number of phenols is 1. The molecule has 0 spiro atoms. The van der Waals surface area contributed by atoms with E-state index in [0.29, 0.717) is 16.9 Å². The Kier molecular flexibility index (Phi) is 2.96. The number of carbonyl (C=O) groups is 1. The van der Waals surface area contributed by atoms with Gasteiger partial charge in [0.05, 0.1) is 0 Å². The molecule has 0 saturated carbocycles. The Balaban J connectivity index is 2.52. The number of nitrogens with two attached hydrogens (primary N) is 1. The van der Waals surface area contributed by atoms with Crippen molar-refractivity contribution in [3.8, 4) is 22.6 Å². The monoisotopic (exact) mass is 229 g/mol. The van der Waals surface area contributed by atoms with E-state index in [9.17, 15) is 9.90 Å². The molecule has 0 aliphatic heterocycles. The fraction of sp³-hybridized carbons (Fsp3) is 0. The Labute approximate surface area is 98.3 Å². The molecule has 4 heteroatoms. The maximum absolute atomic E-state index is 10.8. The van der Waals surface area contributed by atoms with Gasteiger partial charge in [0.1, 0.15) is 11.5 Å². The van der Waals surface area contributed by atoms with Gasteiger partial charge in [-0.15, -0.1) is 0 Å². The minimum atomic E-state index is -0.882. The van der Waals surface area contributed by atoms with E-state index in [1.807, 2.05) is 0 Å². The van der Waals surface area contributed by atoms with Crippen LogP contribution in [0.25, 0.3) is 11.1 Å². The van der Waals surface area contributed by atoms with Crippen LogP contribution in [0.5, 0.6) is 11.5 Å². The van der Waals surface area contributed by atoms with Gasteiger partial charge in [-0.3, -0.25) is 0 Å². The SMILES string of the molecule is NC(=O)Oc1ccccc1-c1ccccc1O. The lowest BCUT2D eigenvalue weighted by Gasteiger charge is -2.09. The molecule has 86 valence electrons. The van der Waals surface area contributed by atoms with Gasteiger partial charge < -0.3 is 15.6 Å². The number of amides is 1. The van der Waals surface area contributed by atoms with E-state index in [4.69, 9.17) is 10.5 Å². The first-order valence-electron chi connectivity index (χ1n) is 5.03. The van der Waals surface area contributed by atoms with Gasteiger partial charge in [-0.1, -0.05) is 36.4 Å². The molecule has 3 N–H and O–H groups in total. The fourth-order valence-corrected chi connectivity index (χ4v) is 1.59. The van der Waals surface area contributed by atoms with Crippen molar-refractivity contribution >= 4 is 6.09 Å².